The van der Waals surface area contributed by atoms with E-state index in [9.17, 15) is 4.39 Å². The summed E-state index contributed by atoms with van der Waals surface area (Å²) in [5.41, 5.74) is 5.99. The standard InChI is InChI=1S/C14H23FN4/c1-11(14-5-3-4-6-14)18-10-17-19(12(18)2)9-13(7-15)8-16/h7,10-11,14H,2-6,8-9,16H2,1H3/b13-7+. The van der Waals surface area contributed by atoms with Gasteiger partial charge >= 0.3 is 0 Å². The Morgan fingerprint density at radius 3 is 2.89 bits per heavy atom. The highest BCUT2D eigenvalue weighted by atomic mass is 19.1. The monoisotopic (exact) mass is 266 g/mol. The molecule has 2 aliphatic rings. The van der Waals surface area contributed by atoms with Crippen molar-refractivity contribution < 1.29 is 4.39 Å². The lowest BCUT2D eigenvalue weighted by atomic mass is 9.99. The molecular weight excluding hydrogens is 243 g/mol. The molecule has 106 valence electrons. The number of nitrogens with two attached hydrogens (primary N) is 1. The predicted octanol–water partition coefficient (Wildman–Crippen LogP) is 2.41. The van der Waals surface area contributed by atoms with Gasteiger partial charge in [-0.3, -0.25) is 0 Å². The second kappa shape index (κ2) is 6.19. The van der Waals surface area contributed by atoms with E-state index >= 15 is 0 Å². The molecule has 0 amide bonds. The van der Waals surface area contributed by atoms with E-state index in [-0.39, 0.29) is 6.54 Å². The first-order valence-corrected chi connectivity index (χ1v) is 6.94. The first kappa shape index (κ1) is 14.1. The zero-order valence-electron chi connectivity index (χ0n) is 11.6. The predicted molar refractivity (Wildman–Crippen MR) is 75.8 cm³/mol. The maximum atomic E-state index is 12.6. The van der Waals surface area contributed by atoms with E-state index in [1.54, 1.807) is 11.3 Å². The highest BCUT2D eigenvalue weighted by molar-refractivity contribution is 5.61. The van der Waals surface area contributed by atoms with E-state index < -0.39 is 0 Å². The third kappa shape index (κ3) is 2.97. The molecule has 1 saturated carbocycles. The Labute approximate surface area is 114 Å². The molecule has 1 atom stereocenters. The van der Waals surface area contributed by atoms with Crippen LogP contribution >= 0.6 is 0 Å². The van der Waals surface area contributed by atoms with Crippen LogP contribution in [0.1, 0.15) is 32.6 Å². The van der Waals surface area contributed by atoms with Crippen molar-refractivity contribution in [3.8, 4) is 0 Å². The molecule has 0 aromatic carbocycles. The minimum atomic E-state index is 0.202. The zero-order chi connectivity index (χ0) is 13.8. The first-order valence-electron chi connectivity index (χ1n) is 6.94. The molecule has 2 rings (SSSR count). The Morgan fingerprint density at radius 1 is 1.63 bits per heavy atom. The van der Waals surface area contributed by atoms with Crippen LogP contribution in [0.25, 0.3) is 0 Å². The summed E-state index contributed by atoms with van der Waals surface area (Å²) in [6.45, 7) is 6.85. The number of nitrogens with zero attached hydrogens (tertiary/aromatic N) is 3. The third-order valence-corrected chi connectivity index (χ3v) is 4.20. The summed E-state index contributed by atoms with van der Waals surface area (Å²) < 4.78 is 12.6. The number of rotatable bonds is 5. The van der Waals surface area contributed by atoms with Crippen molar-refractivity contribution in [1.82, 2.24) is 9.91 Å². The largest absolute Gasteiger partial charge is 0.327 e. The fraction of sp³-hybridized carbons (Fsp3) is 0.643. The Kier molecular flexibility index (Phi) is 4.58. The van der Waals surface area contributed by atoms with Gasteiger partial charge in [-0.1, -0.05) is 19.4 Å². The van der Waals surface area contributed by atoms with Gasteiger partial charge < -0.3 is 10.6 Å². The Balaban J connectivity index is 1.96. The van der Waals surface area contributed by atoms with Gasteiger partial charge in [0.1, 0.15) is 12.2 Å². The second-order valence-electron chi connectivity index (χ2n) is 5.37. The lowest BCUT2D eigenvalue weighted by molar-refractivity contribution is 0.249. The van der Waals surface area contributed by atoms with Gasteiger partial charge in [-0.15, -0.1) is 0 Å². The summed E-state index contributed by atoms with van der Waals surface area (Å²) in [6, 6.07) is 0.402. The van der Waals surface area contributed by atoms with Gasteiger partial charge in [0.15, 0.2) is 0 Å². The van der Waals surface area contributed by atoms with E-state index in [1.807, 2.05) is 0 Å². The molecule has 0 bridgehead atoms. The summed E-state index contributed by atoms with van der Waals surface area (Å²) in [5.74, 6) is 1.51. The van der Waals surface area contributed by atoms with Gasteiger partial charge in [0, 0.05) is 12.6 Å². The molecule has 1 aliphatic carbocycles. The summed E-state index contributed by atoms with van der Waals surface area (Å²) in [5, 5.41) is 6.01. The quantitative estimate of drug-likeness (QED) is 0.831. The van der Waals surface area contributed by atoms with E-state index in [0.717, 1.165) is 5.82 Å². The maximum absolute atomic E-state index is 12.6. The van der Waals surface area contributed by atoms with E-state index in [1.165, 1.54) is 25.7 Å². The summed E-state index contributed by atoms with van der Waals surface area (Å²) in [6.07, 6.45) is 7.55. The zero-order valence-corrected chi connectivity index (χ0v) is 11.6. The molecule has 1 fully saturated rings. The lowest BCUT2D eigenvalue weighted by Crippen LogP contribution is -2.36. The van der Waals surface area contributed by atoms with Crippen LogP contribution in [0.2, 0.25) is 0 Å². The second-order valence-corrected chi connectivity index (χ2v) is 5.37. The molecule has 0 spiro atoms. The first-order chi connectivity index (χ1) is 9.17. The van der Waals surface area contributed by atoms with E-state index in [2.05, 4.69) is 23.5 Å². The molecule has 1 aliphatic heterocycles. The van der Waals surface area contributed by atoms with Crippen LogP contribution in [-0.4, -0.2) is 35.4 Å². The molecule has 5 heteroatoms. The van der Waals surface area contributed by atoms with Crippen molar-refractivity contribution in [2.75, 3.05) is 13.1 Å². The molecule has 4 nitrogen and oxygen atoms in total. The minimum Gasteiger partial charge on any atom is -0.327 e. The minimum absolute atomic E-state index is 0.202. The van der Waals surface area contributed by atoms with Crippen LogP contribution in [0.4, 0.5) is 4.39 Å². The number of hydrazone groups is 1. The maximum Gasteiger partial charge on any atom is 0.123 e. The van der Waals surface area contributed by atoms with Gasteiger partial charge in [0.05, 0.1) is 12.9 Å². The van der Waals surface area contributed by atoms with Gasteiger partial charge in [0.25, 0.3) is 0 Å². The Bertz CT molecular complexity index is 385. The smallest absolute Gasteiger partial charge is 0.123 e. The molecule has 0 saturated heterocycles. The van der Waals surface area contributed by atoms with Crippen molar-refractivity contribution in [1.29, 1.82) is 0 Å². The number of halogens is 1. The Morgan fingerprint density at radius 2 is 2.32 bits per heavy atom. The molecule has 19 heavy (non-hydrogen) atoms. The topological polar surface area (TPSA) is 44.9 Å². The van der Waals surface area contributed by atoms with Crippen molar-refractivity contribution in [3.63, 3.8) is 0 Å². The van der Waals surface area contributed by atoms with Gasteiger partial charge in [0.2, 0.25) is 0 Å². The molecule has 1 heterocycles. The van der Waals surface area contributed by atoms with Crippen LogP contribution in [0.5, 0.6) is 0 Å². The summed E-state index contributed by atoms with van der Waals surface area (Å²) in [4.78, 5) is 2.10. The normalized spacial score (nSPS) is 22.7. The van der Waals surface area contributed by atoms with Crippen LogP contribution in [0.15, 0.2) is 29.4 Å². The van der Waals surface area contributed by atoms with Crippen molar-refractivity contribution in [2.45, 2.75) is 38.6 Å². The highest BCUT2D eigenvalue weighted by Crippen LogP contribution is 2.32. The van der Waals surface area contributed by atoms with E-state index in [0.29, 0.717) is 30.4 Å². The average molecular weight is 266 g/mol. The van der Waals surface area contributed by atoms with Crippen LogP contribution in [0, 0.1) is 5.92 Å². The van der Waals surface area contributed by atoms with Gasteiger partial charge in [-0.25, -0.2) is 9.40 Å². The fourth-order valence-electron chi connectivity index (χ4n) is 2.86. The summed E-state index contributed by atoms with van der Waals surface area (Å²) >= 11 is 0. The average Bonchev–Trinajstić information content (AvgIpc) is 3.06. The molecule has 0 aromatic heterocycles. The van der Waals surface area contributed by atoms with Gasteiger partial charge in [-0.05, 0) is 31.3 Å². The molecule has 2 N–H and O–H groups in total. The fourth-order valence-corrected chi connectivity index (χ4v) is 2.86. The molecule has 0 radical (unpaired) electrons. The van der Waals surface area contributed by atoms with Crippen molar-refractivity contribution in [3.05, 3.63) is 24.3 Å². The van der Waals surface area contributed by atoms with Crippen LogP contribution in [0.3, 0.4) is 0 Å². The third-order valence-electron chi connectivity index (χ3n) is 4.20. The van der Waals surface area contributed by atoms with Gasteiger partial charge in [-0.2, -0.15) is 5.10 Å². The molecular formula is C14H23FN4. The number of hydrogen-bond donors (Lipinski definition) is 1. The van der Waals surface area contributed by atoms with E-state index in [4.69, 9.17) is 5.73 Å². The molecule has 0 aromatic rings. The highest BCUT2D eigenvalue weighted by Gasteiger charge is 2.30. The van der Waals surface area contributed by atoms with Crippen LogP contribution < -0.4 is 5.73 Å². The van der Waals surface area contributed by atoms with Crippen molar-refractivity contribution >= 4 is 6.34 Å². The SMILES string of the molecule is C=C1N(C/C(=C/F)CN)N=CN1C(C)C1CCCC1. The Hall–Kier alpha value is -1.36. The summed E-state index contributed by atoms with van der Waals surface area (Å²) in [7, 11) is 0. The van der Waals surface area contributed by atoms with Crippen molar-refractivity contribution in [2.24, 2.45) is 16.8 Å². The lowest BCUT2D eigenvalue weighted by Gasteiger charge is -2.31. The van der Waals surface area contributed by atoms with Crippen LogP contribution in [-0.2, 0) is 0 Å². The molecule has 1 unspecified atom stereocenters. The number of hydrogen-bond acceptors (Lipinski definition) is 4.